The van der Waals surface area contributed by atoms with Crippen molar-refractivity contribution < 1.29 is 4.39 Å². The summed E-state index contributed by atoms with van der Waals surface area (Å²) < 4.78 is 12.9. The number of hydrogen-bond acceptors (Lipinski definition) is 1. The highest BCUT2D eigenvalue weighted by Gasteiger charge is 2.20. The van der Waals surface area contributed by atoms with Crippen molar-refractivity contribution in [3.8, 4) is 0 Å². The average Bonchev–Trinajstić information content (AvgIpc) is 2.34. The lowest BCUT2D eigenvalue weighted by Gasteiger charge is -2.23. The molecule has 1 aromatic carbocycles. The monoisotopic (exact) mass is 391 g/mol. The van der Waals surface area contributed by atoms with Crippen LogP contribution in [0.1, 0.15) is 26.3 Å². The van der Waals surface area contributed by atoms with Gasteiger partial charge in [0.1, 0.15) is 5.82 Å². The zero-order chi connectivity index (χ0) is 14.5. The highest BCUT2D eigenvalue weighted by atomic mass is 127. The summed E-state index contributed by atoms with van der Waals surface area (Å²) in [7, 11) is 0. The second kappa shape index (κ2) is 8.24. The van der Waals surface area contributed by atoms with Crippen molar-refractivity contribution >= 4 is 29.9 Å². The molecule has 3 nitrogen and oxygen atoms in total. The molecule has 0 bridgehead atoms. The molecule has 5 heteroatoms. The maximum Gasteiger partial charge on any atom is 0.188 e. The van der Waals surface area contributed by atoms with Crippen LogP contribution in [-0.4, -0.2) is 19.0 Å². The van der Waals surface area contributed by atoms with E-state index in [0.717, 1.165) is 11.1 Å². The second-order valence-electron chi connectivity index (χ2n) is 5.40. The van der Waals surface area contributed by atoms with E-state index in [0.29, 0.717) is 19.0 Å². The zero-order valence-electron chi connectivity index (χ0n) is 12.2. The first-order valence-corrected chi connectivity index (χ1v) is 6.25. The van der Waals surface area contributed by atoms with E-state index in [1.807, 2.05) is 6.92 Å². The molecule has 0 radical (unpaired) electrons. The minimum Gasteiger partial charge on any atom is -0.370 e. The molecule has 0 aliphatic heterocycles. The van der Waals surface area contributed by atoms with Crippen molar-refractivity contribution in [2.24, 2.45) is 10.7 Å². The van der Waals surface area contributed by atoms with Crippen LogP contribution in [0, 0.1) is 5.82 Å². The summed E-state index contributed by atoms with van der Waals surface area (Å²) >= 11 is 0. The Bertz CT molecular complexity index is 467. The van der Waals surface area contributed by atoms with Crippen molar-refractivity contribution in [1.82, 2.24) is 5.32 Å². The standard InChI is InChI=1S/C15H22FN3.HI/c1-11(2)9-18-14(17)19-10-15(3,4)12-5-7-13(16)8-6-12;/h5-8H,1,9-10H2,2-4H3,(H3,17,18,19);1H. The molecular weight excluding hydrogens is 368 g/mol. The average molecular weight is 391 g/mol. The van der Waals surface area contributed by atoms with Crippen LogP contribution in [0.25, 0.3) is 0 Å². The van der Waals surface area contributed by atoms with E-state index < -0.39 is 0 Å². The molecule has 0 fully saturated rings. The highest BCUT2D eigenvalue weighted by Crippen LogP contribution is 2.23. The zero-order valence-corrected chi connectivity index (χ0v) is 14.6. The minimum absolute atomic E-state index is 0. The molecular formula is C15H23FIN3. The molecule has 0 atom stereocenters. The summed E-state index contributed by atoms with van der Waals surface area (Å²) in [6.07, 6.45) is 0. The lowest BCUT2D eigenvalue weighted by molar-refractivity contribution is 0.536. The molecule has 112 valence electrons. The van der Waals surface area contributed by atoms with Gasteiger partial charge in [0.25, 0.3) is 0 Å². The van der Waals surface area contributed by atoms with Crippen LogP contribution in [0.4, 0.5) is 4.39 Å². The number of guanidine groups is 1. The molecule has 0 aliphatic carbocycles. The largest absolute Gasteiger partial charge is 0.370 e. The van der Waals surface area contributed by atoms with Gasteiger partial charge in [-0.05, 0) is 24.6 Å². The molecule has 20 heavy (non-hydrogen) atoms. The number of rotatable bonds is 5. The van der Waals surface area contributed by atoms with Crippen molar-refractivity contribution in [3.05, 3.63) is 47.8 Å². The fraction of sp³-hybridized carbons (Fsp3) is 0.400. The smallest absolute Gasteiger partial charge is 0.188 e. The summed E-state index contributed by atoms with van der Waals surface area (Å²) in [4.78, 5) is 4.32. The van der Waals surface area contributed by atoms with E-state index in [9.17, 15) is 4.39 Å². The quantitative estimate of drug-likeness (QED) is 0.351. The Morgan fingerprint density at radius 2 is 1.90 bits per heavy atom. The van der Waals surface area contributed by atoms with E-state index in [4.69, 9.17) is 5.73 Å². The van der Waals surface area contributed by atoms with Crippen LogP contribution in [0.15, 0.2) is 41.4 Å². The van der Waals surface area contributed by atoms with Crippen molar-refractivity contribution in [2.45, 2.75) is 26.2 Å². The fourth-order valence-electron chi connectivity index (χ4n) is 1.57. The maximum absolute atomic E-state index is 12.9. The van der Waals surface area contributed by atoms with Gasteiger partial charge < -0.3 is 11.1 Å². The molecule has 0 amide bonds. The van der Waals surface area contributed by atoms with E-state index in [-0.39, 0.29) is 35.2 Å². The molecule has 0 saturated carbocycles. The predicted molar refractivity (Wildman–Crippen MR) is 94.1 cm³/mol. The number of nitrogens with zero attached hydrogens (tertiary/aromatic N) is 1. The third-order valence-electron chi connectivity index (χ3n) is 2.84. The summed E-state index contributed by atoms with van der Waals surface area (Å²) in [5, 5.41) is 2.98. The summed E-state index contributed by atoms with van der Waals surface area (Å²) in [5.41, 5.74) is 7.61. The van der Waals surface area contributed by atoms with Gasteiger partial charge >= 0.3 is 0 Å². The number of hydrogen-bond donors (Lipinski definition) is 2. The van der Waals surface area contributed by atoms with Gasteiger partial charge in [0.2, 0.25) is 0 Å². The minimum atomic E-state index is -0.231. The molecule has 1 rings (SSSR count). The summed E-state index contributed by atoms with van der Waals surface area (Å²) in [6.45, 7) is 11.0. The van der Waals surface area contributed by atoms with E-state index in [1.165, 1.54) is 12.1 Å². The SMILES string of the molecule is C=C(C)CNC(N)=NCC(C)(C)c1ccc(F)cc1.I. The third-order valence-corrected chi connectivity index (χ3v) is 2.84. The Kier molecular flexibility index (Phi) is 7.78. The number of nitrogens with one attached hydrogen (secondary N) is 1. The van der Waals surface area contributed by atoms with Gasteiger partial charge in [-0.15, -0.1) is 24.0 Å². The Labute approximate surface area is 137 Å². The highest BCUT2D eigenvalue weighted by molar-refractivity contribution is 14.0. The Morgan fingerprint density at radius 1 is 1.35 bits per heavy atom. The van der Waals surface area contributed by atoms with E-state index in [2.05, 4.69) is 30.7 Å². The molecule has 0 saturated heterocycles. The second-order valence-corrected chi connectivity index (χ2v) is 5.40. The molecule has 0 aliphatic rings. The summed E-state index contributed by atoms with van der Waals surface area (Å²) in [5.74, 6) is 0.170. The number of nitrogens with two attached hydrogens (primary N) is 1. The van der Waals surface area contributed by atoms with Gasteiger partial charge in [-0.2, -0.15) is 0 Å². The predicted octanol–water partition coefficient (Wildman–Crippen LogP) is 3.20. The molecule has 0 unspecified atom stereocenters. The van der Waals surface area contributed by atoms with Gasteiger partial charge in [-0.3, -0.25) is 4.99 Å². The van der Waals surface area contributed by atoms with Crippen LogP contribution < -0.4 is 11.1 Å². The topological polar surface area (TPSA) is 50.4 Å². The fourth-order valence-corrected chi connectivity index (χ4v) is 1.57. The van der Waals surface area contributed by atoms with Crippen molar-refractivity contribution in [2.75, 3.05) is 13.1 Å². The number of aliphatic imine (C=N–C) groups is 1. The van der Waals surface area contributed by atoms with Gasteiger partial charge in [0.05, 0.1) is 6.54 Å². The normalized spacial score (nSPS) is 11.7. The Morgan fingerprint density at radius 3 is 2.40 bits per heavy atom. The molecule has 0 aromatic heterocycles. The first kappa shape index (κ1) is 18.9. The van der Waals surface area contributed by atoms with E-state index >= 15 is 0 Å². The first-order chi connectivity index (χ1) is 8.81. The molecule has 3 N–H and O–H groups in total. The molecule has 0 spiro atoms. The maximum atomic E-state index is 12.9. The van der Waals surface area contributed by atoms with Crippen LogP contribution >= 0.6 is 24.0 Å². The number of halogens is 2. The third kappa shape index (κ3) is 6.36. The van der Waals surface area contributed by atoms with Gasteiger partial charge in [0, 0.05) is 12.0 Å². The lowest BCUT2D eigenvalue weighted by Crippen LogP contribution is -2.34. The Hall–Kier alpha value is -1.11. The summed E-state index contributed by atoms with van der Waals surface area (Å²) in [6, 6.07) is 6.48. The Balaban J connectivity index is 0.00000361. The van der Waals surface area contributed by atoms with Crippen LogP contribution in [0.5, 0.6) is 0 Å². The van der Waals surface area contributed by atoms with Gasteiger partial charge in [-0.1, -0.05) is 38.1 Å². The van der Waals surface area contributed by atoms with Gasteiger partial charge in [-0.25, -0.2) is 4.39 Å². The lowest BCUT2D eigenvalue weighted by atomic mass is 9.85. The number of benzene rings is 1. The van der Waals surface area contributed by atoms with Crippen molar-refractivity contribution in [3.63, 3.8) is 0 Å². The molecule has 0 heterocycles. The van der Waals surface area contributed by atoms with Crippen LogP contribution in [0.3, 0.4) is 0 Å². The first-order valence-electron chi connectivity index (χ1n) is 6.25. The van der Waals surface area contributed by atoms with Crippen molar-refractivity contribution in [1.29, 1.82) is 0 Å². The van der Waals surface area contributed by atoms with Crippen LogP contribution in [-0.2, 0) is 5.41 Å². The molecule has 1 aromatic rings. The van der Waals surface area contributed by atoms with E-state index in [1.54, 1.807) is 12.1 Å². The van der Waals surface area contributed by atoms with Crippen LogP contribution in [0.2, 0.25) is 0 Å². The van der Waals surface area contributed by atoms with Gasteiger partial charge in [0.15, 0.2) is 5.96 Å².